The van der Waals surface area contributed by atoms with Crippen LogP contribution >= 0.6 is 21.8 Å². The molecule has 0 atom stereocenters. The zero-order valence-corrected chi connectivity index (χ0v) is 7.49. The molecule has 1 aromatic carbocycles. The Kier molecular flexibility index (Phi) is 2.75. The smallest absolute Gasteiger partial charge is 0.258 e. The number of hydrogen-bond donors (Lipinski definition) is 0. The maximum Gasteiger partial charge on any atom is 0.270 e. The van der Waals surface area contributed by atoms with Crippen LogP contribution in [-0.2, 0) is 0 Å². The first-order valence-electron chi connectivity index (χ1n) is 2.74. The summed E-state index contributed by atoms with van der Waals surface area (Å²) in [5, 5.41) is 10.2. The molecular formula is C6H4FINO2. The fourth-order valence-electron chi connectivity index (χ4n) is 0.634. The van der Waals surface area contributed by atoms with Gasteiger partial charge in [0.25, 0.3) is 5.69 Å². The number of benzene rings is 1. The monoisotopic (exact) mass is 268 g/mol. The molecule has 0 aromatic heterocycles. The lowest BCUT2D eigenvalue weighted by Gasteiger charge is -1.91. The highest BCUT2D eigenvalue weighted by atomic mass is 127. The van der Waals surface area contributed by atoms with Gasteiger partial charge < -0.3 is 0 Å². The average molecular weight is 268 g/mol. The predicted molar refractivity (Wildman–Crippen MR) is 46.9 cm³/mol. The second-order valence-corrected chi connectivity index (χ2v) is 3.46. The van der Waals surface area contributed by atoms with E-state index in [0.29, 0.717) is 3.57 Å². The van der Waals surface area contributed by atoms with Gasteiger partial charge in [0.1, 0.15) is 21.8 Å². The van der Waals surface area contributed by atoms with Crippen molar-refractivity contribution in [2.45, 2.75) is 0 Å². The maximum atomic E-state index is 12.1. The van der Waals surface area contributed by atoms with Gasteiger partial charge in [-0.15, -0.1) is 0 Å². The maximum absolute atomic E-state index is 12.1. The Labute approximate surface area is 73.4 Å². The molecular weight excluding hydrogens is 264 g/mol. The molecule has 11 heavy (non-hydrogen) atoms. The molecule has 1 radical (unpaired) electrons. The summed E-state index contributed by atoms with van der Waals surface area (Å²) in [7, 11) is 0. The highest BCUT2D eigenvalue weighted by Crippen LogP contribution is 2.24. The molecule has 0 unspecified atom stereocenters. The molecule has 0 amide bonds. The average Bonchev–Trinajstić information content (AvgIpc) is 2.05. The van der Waals surface area contributed by atoms with Crippen LogP contribution in [0.5, 0.6) is 0 Å². The zero-order chi connectivity index (χ0) is 8.27. The predicted octanol–water partition coefficient (Wildman–Crippen LogP) is 2.62. The number of rotatable bonds is 2. The summed E-state index contributed by atoms with van der Waals surface area (Å²) >= 11 is -1.54. The van der Waals surface area contributed by atoms with Gasteiger partial charge in [-0.25, -0.2) is 0 Å². The molecule has 0 aliphatic rings. The van der Waals surface area contributed by atoms with E-state index in [9.17, 15) is 13.0 Å². The van der Waals surface area contributed by atoms with Crippen LogP contribution < -0.4 is 0 Å². The van der Waals surface area contributed by atoms with Crippen molar-refractivity contribution in [3.8, 4) is 0 Å². The lowest BCUT2D eigenvalue weighted by molar-refractivity contribution is -0.384. The van der Waals surface area contributed by atoms with Crippen LogP contribution in [0.25, 0.3) is 0 Å². The molecule has 1 aromatic rings. The molecule has 0 fully saturated rings. The van der Waals surface area contributed by atoms with E-state index in [1.807, 2.05) is 0 Å². The number of nitrogens with zero attached hydrogens (tertiary/aromatic N) is 1. The summed E-state index contributed by atoms with van der Waals surface area (Å²) in [5.41, 5.74) is -0.0418. The van der Waals surface area contributed by atoms with E-state index >= 15 is 0 Å². The topological polar surface area (TPSA) is 43.1 Å². The van der Waals surface area contributed by atoms with Crippen LogP contribution in [0, 0.1) is 13.7 Å². The molecule has 0 N–H and O–H groups in total. The summed E-state index contributed by atoms with van der Waals surface area (Å²) < 4.78 is 12.5. The van der Waals surface area contributed by atoms with Gasteiger partial charge in [-0.2, -0.15) is 2.86 Å². The van der Waals surface area contributed by atoms with Crippen LogP contribution in [-0.4, -0.2) is 4.92 Å². The van der Waals surface area contributed by atoms with Crippen LogP contribution in [0.2, 0.25) is 0 Å². The van der Waals surface area contributed by atoms with Crippen molar-refractivity contribution in [3.63, 3.8) is 0 Å². The minimum atomic E-state index is -1.54. The first-order chi connectivity index (χ1) is 5.24. The molecule has 0 aliphatic heterocycles. The van der Waals surface area contributed by atoms with Crippen LogP contribution in [0.1, 0.15) is 0 Å². The number of nitro benzene ring substituents is 1. The van der Waals surface area contributed by atoms with E-state index in [-0.39, 0.29) is 5.69 Å². The Morgan fingerprint density at radius 3 is 2.82 bits per heavy atom. The highest BCUT2D eigenvalue weighted by molar-refractivity contribution is 14.2. The highest BCUT2D eigenvalue weighted by Gasteiger charge is 2.04. The molecule has 1 rings (SSSR count). The molecule has 5 heteroatoms. The van der Waals surface area contributed by atoms with E-state index in [1.165, 1.54) is 18.2 Å². The minimum absolute atomic E-state index is 0.0418. The Hall–Kier alpha value is -0.720. The van der Waals surface area contributed by atoms with Gasteiger partial charge in [-0.3, -0.25) is 10.1 Å². The number of halogens is 2. The number of nitro groups is 1. The van der Waals surface area contributed by atoms with Crippen LogP contribution in [0.4, 0.5) is 8.55 Å². The molecule has 0 saturated heterocycles. The van der Waals surface area contributed by atoms with Gasteiger partial charge in [0, 0.05) is 15.7 Å². The Balaban J connectivity index is 3.01. The lowest BCUT2D eigenvalue weighted by Crippen LogP contribution is -1.87. The summed E-state index contributed by atoms with van der Waals surface area (Å²) in [4.78, 5) is 9.64. The third kappa shape index (κ3) is 2.11. The van der Waals surface area contributed by atoms with Crippen molar-refractivity contribution >= 4 is 27.5 Å². The number of hydrogen-bond acceptors (Lipinski definition) is 2. The van der Waals surface area contributed by atoms with E-state index in [1.54, 1.807) is 6.07 Å². The second kappa shape index (κ2) is 3.61. The molecule has 3 nitrogen and oxygen atoms in total. The first kappa shape index (κ1) is 8.38. The summed E-state index contributed by atoms with van der Waals surface area (Å²) in [6, 6.07) is 5.67. The van der Waals surface area contributed by atoms with E-state index in [4.69, 9.17) is 0 Å². The normalized spacial score (nSPS) is 9.55. The van der Waals surface area contributed by atoms with Crippen molar-refractivity contribution in [3.05, 3.63) is 37.9 Å². The SMILES string of the molecule is O=[N+]([O-])c1cccc([I]F)c1. The fraction of sp³-hybridized carbons (Fsp3) is 0. The van der Waals surface area contributed by atoms with Crippen molar-refractivity contribution in [1.29, 1.82) is 0 Å². The molecule has 0 saturated carbocycles. The third-order valence-electron chi connectivity index (χ3n) is 1.10. The van der Waals surface area contributed by atoms with Crippen molar-refractivity contribution in [2.75, 3.05) is 0 Å². The van der Waals surface area contributed by atoms with Gasteiger partial charge >= 0.3 is 0 Å². The van der Waals surface area contributed by atoms with Gasteiger partial charge in [0.2, 0.25) is 0 Å². The molecule has 0 bridgehead atoms. The molecule has 59 valence electrons. The summed E-state index contributed by atoms with van der Waals surface area (Å²) in [6.45, 7) is 0. The third-order valence-corrected chi connectivity index (χ3v) is 2.24. The quantitative estimate of drug-likeness (QED) is 0.470. The summed E-state index contributed by atoms with van der Waals surface area (Å²) in [6.07, 6.45) is 0. The second-order valence-electron chi connectivity index (χ2n) is 1.81. The van der Waals surface area contributed by atoms with E-state index in [2.05, 4.69) is 0 Å². The van der Waals surface area contributed by atoms with Crippen LogP contribution in [0.3, 0.4) is 0 Å². The lowest BCUT2D eigenvalue weighted by atomic mass is 10.3. The van der Waals surface area contributed by atoms with Gasteiger partial charge in [-0.1, -0.05) is 6.07 Å². The Bertz CT molecular complexity index is 279. The Morgan fingerprint density at radius 2 is 2.27 bits per heavy atom. The van der Waals surface area contributed by atoms with Crippen molar-refractivity contribution in [1.82, 2.24) is 0 Å². The van der Waals surface area contributed by atoms with E-state index < -0.39 is 26.7 Å². The summed E-state index contributed by atoms with van der Waals surface area (Å²) in [5.74, 6) is 0. The van der Waals surface area contributed by atoms with Gasteiger partial charge in [0.05, 0.1) is 4.92 Å². The largest absolute Gasteiger partial charge is 0.270 e. The van der Waals surface area contributed by atoms with Gasteiger partial charge in [0.15, 0.2) is 0 Å². The molecule has 0 heterocycles. The van der Waals surface area contributed by atoms with Gasteiger partial charge in [-0.05, 0) is 6.07 Å². The fourth-order valence-corrected chi connectivity index (χ4v) is 1.41. The standard InChI is InChI=1S/C6H4FINO2/c7-8-5-2-1-3-6(4-5)9(10)11/h1-4H. The first-order valence-corrected chi connectivity index (χ1v) is 4.64. The molecule has 0 spiro atoms. The molecule has 0 aliphatic carbocycles. The van der Waals surface area contributed by atoms with E-state index in [0.717, 1.165) is 0 Å². The number of non-ortho nitro benzene ring substituents is 1. The van der Waals surface area contributed by atoms with Crippen LogP contribution in [0.15, 0.2) is 24.3 Å². The Morgan fingerprint density at radius 1 is 1.55 bits per heavy atom. The van der Waals surface area contributed by atoms with Crippen molar-refractivity contribution < 1.29 is 7.78 Å². The zero-order valence-electron chi connectivity index (χ0n) is 5.33. The van der Waals surface area contributed by atoms with Crippen molar-refractivity contribution in [2.24, 2.45) is 0 Å². The minimum Gasteiger partial charge on any atom is -0.258 e.